The van der Waals surface area contributed by atoms with E-state index in [9.17, 15) is 6.65 Å². The van der Waals surface area contributed by atoms with Crippen LogP contribution in [0.25, 0.3) is 0 Å². The van der Waals surface area contributed by atoms with Gasteiger partial charge < -0.3 is 0 Å². The van der Waals surface area contributed by atoms with Crippen LogP contribution in [0.4, 0.5) is 0 Å². The van der Waals surface area contributed by atoms with Gasteiger partial charge in [0.1, 0.15) is 0 Å². The maximum absolute atomic E-state index is 10.5. The molecule has 1 fully saturated rings. The van der Waals surface area contributed by atoms with E-state index in [1.165, 1.54) is 0 Å². The van der Waals surface area contributed by atoms with Gasteiger partial charge in [-0.05, 0) is 0 Å². The van der Waals surface area contributed by atoms with Crippen molar-refractivity contribution in [3.63, 3.8) is 0 Å². The molecule has 5 heteroatoms. The molecule has 0 unspecified atom stereocenters. The van der Waals surface area contributed by atoms with Gasteiger partial charge in [0.05, 0.1) is 0 Å². The van der Waals surface area contributed by atoms with Gasteiger partial charge in [0, 0.05) is 0 Å². The van der Waals surface area contributed by atoms with Crippen molar-refractivity contribution in [2.45, 2.75) is 0 Å². The van der Waals surface area contributed by atoms with E-state index in [0.29, 0.717) is 0 Å². The predicted octanol–water partition coefficient (Wildman–Crippen LogP) is -0.185. The Hall–Kier alpha value is 0.624. The van der Waals surface area contributed by atoms with E-state index in [1.54, 1.807) is 0 Å². The van der Waals surface area contributed by atoms with Crippen LogP contribution in [0.2, 0.25) is 0 Å². The van der Waals surface area contributed by atoms with Crippen molar-refractivity contribution in [3.8, 4) is 0 Å². The zero-order valence-corrected chi connectivity index (χ0v) is 7.55. The molecule has 9 heavy (non-hydrogen) atoms. The van der Waals surface area contributed by atoms with Gasteiger partial charge in [0.15, 0.2) is 0 Å². The second kappa shape index (κ2) is 3.71. The van der Waals surface area contributed by atoms with Crippen molar-refractivity contribution >= 4 is 8.48 Å². The number of nitrogens with one attached hydrogen (secondary N) is 1. The van der Waals surface area contributed by atoms with Crippen LogP contribution in [0.15, 0.2) is 0 Å². The Bertz CT molecular complexity index is 145. The van der Waals surface area contributed by atoms with Crippen molar-refractivity contribution in [1.82, 2.24) is 5.32 Å². The van der Waals surface area contributed by atoms with Crippen molar-refractivity contribution in [3.05, 3.63) is 0 Å². The molecule has 1 heterocycles. The van der Waals surface area contributed by atoms with Crippen LogP contribution < -0.4 is 5.32 Å². The van der Waals surface area contributed by atoms with Crippen LogP contribution in [-0.4, -0.2) is 24.6 Å². The monoisotopic (exact) mass is 184 g/mol. The summed E-state index contributed by atoms with van der Waals surface area (Å²) in [6.45, 7) is 1.82. The van der Waals surface area contributed by atoms with Gasteiger partial charge in [-0.2, -0.15) is 0 Å². The van der Waals surface area contributed by atoms with Gasteiger partial charge in [-0.3, -0.25) is 0 Å². The summed E-state index contributed by atoms with van der Waals surface area (Å²) in [6, 6.07) is 0. The first-order valence-electron chi connectivity index (χ1n) is 2.97. The van der Waals surface area contributed by atoms with Gasteiger partial charge in [0.2, 0.25) is 0 Å². The van der Waals surface area contributed by atoms with E-state index < -0.39 is 25.0 Å². The molecule has 1 saturated heterocycles. The summed E-state index contributed by atoms with van der Waals surface area (Å²) >= 11 is -2.96. The molecule has 1 aliphatic heterocycles. The van der Waals surface area contributed by atoms with Gasteiger partial charge in [-0.15, -0.1) is 0 Å². The minimum atomic E-state index is -2.96. The molecule has 53 valence electrons. The number of thiol groups is 1. The molecular weight excluding hydrogens is 174 g/mol. The van der Waals surface area contributed by atoms with Crippen LogP contribution in [-0.2, 0) is 23.2 Å². The molecule has 3 nitrogen and oxygen atoms in total. The number of rotatable bonds is 1. The fourth-order valence-corrected chi connectivity index (χ4v) is 5.05. The Labute approximate surface area is 61.7 Å². The Morgan fingerprint density at radius 2 is 1.78 bits per heavy atom. The maximum atomic E-state index is 10.5. The Morgan fingerprint density at radius 3 is 2.11 bits per heavy atom. The first kappa shape index (κ1) is 7.73. The Balaban J connectivity index is 2.40. The molecule has 0 saturated carbocycles. The first-order valence-corrected chi connectivity index (χ1v) is 8.05. The molecule has 0 bridgehead atoms. The third-order valence-electron chi connectivity index (χ3n) is 1.38. The Morgan fingerprint density at radius 1 is 1.22 bits per heavy atom. The number of hydrogen-bond acceptors (Lipinski definition) is 3. The van der Waals surface area contributed by atoms with Crippen molar-refractivity contribution < 1.29 is 23.2 Å². The zero-order chi connectivity index (χ0) is 6.69. The third-order valence-corrected chi connectivity index (χ3v) is 7.93. The summed E-state index contributed by atoms with van der Waals surface area (Å²) < 4.78 is 21.0. The second-order valence-electron chi connectivity index (χ2n) is 2.00. The molecule has 1 N–H and O–H groups in total. The number of hydrogen-bond donors (Lipinski definition) is 2. The van der Waals surface area contributed by atoms with Gasteiger partial charge in [0.25, 0.3) is 0 Å². The van der Waals surface area contributed by atoms with E-state index in [2.05, 4.69) is 5.32 Å². The summed E-state index contributed by atoms with van der Waals surface area (Å²) in [5, 5.41) is 3.13. The zero-order valence-electron chi connectivity index (χ0n) is 5.09. The summed E-state index contributed by atoms with van der Waals surface area (Å²) in [6.07, 6.45) is 0. The minimum absolute atomic E-state index is 0.538. The van der Waals surface area contributed by atoms with Crippen molar-refractivity contribution in [1.29, 1.82) is 0 Å². The van der Waals surface area contributed by atoms with Crippen LogP contribution in [0.5, 0.6) is 0 Å². The van der Waals surface area contributed by atoms with Gasteiger partial charge in [-0.1, -0.05) is 0 Å². The molecule has 0 spiro atoms. The molecule has 1 aliphatic rings. The van der Waals surface area contributed by atoms with Crippen LogP contribution in [0.1, 0.15) is 0 Å². The third kappa shape index (κ3) is 2.37. The average Bonchev–Trinajstić information content (AvgIpc) is 1.90. The van der Waals surface area contributed by atoms with E-state index in [1.807, 2.05) is 0 Å². The van der Waals surface area contributed by atoms with Crippen LogP contribution >= 0.6 is 8.48 Å². The molecule has 0 aromatic heterocycles. The first-order chi connectivity index (χ1) is 4.30. The topological polar surface area (TPSA) is 46.2 Å². The summed E-state index contributed by atoms with van der Waals surface area (Å²) in [5.41, 5.74) is 0. The molecular formula is C4H10NO2STi. The summed E-state index contributed by atoms with van der Waals surface area (Å²) in [7, 11) is -0.538. The molecule has 0 aromatic rings. The van der Waals surface area contributed by atoms with Crippen LogP contribution in [0, 0.1) is 0 Å². The van der Waals surface area contributed by atoms with E-state index in [-0.39, 0.29) is 0 Å². The van der Waals surface area contributed by atoms with E-state index in [4.69, 9.17) is 0 Å². The SMILES string of the molecule is [O]=[Ti](=[O])[SH]1CCNCC1. The van der Waals surface area contributed by atoms with Crippen LogP contribution in [0.3, 0.4) is 0 Å². The Kier molecular flexibility index (Phi) is 3.19. The van der Waals surface area contributed by atoms with Crippen molar-refractivity contribution in [2.24, 2.45) is 0 Å². The summed E-state index contributed by atoms with van der Waals surface area (Å²) in [4.78, 5) is 0. The molecule has 0 atom stereocenters. The predicted molar refractivity (Wildman–Crippen MR) is 33.0 cm³/mol. The average molecular weight is 184 g/mol. The van der Waals surface area contributed by atoms with Crippen molar-refractivity contribution in [2.75, 3.05) is 24.6 Å². The summed E-state index contributed by atoms with van der Waals surface area (Å²) in [5.74, 6) is 1.80. The molecule has 1 rings (SSSR count). The fourth-order valence-electron chi connectivity index (χ4n) is 0.847. The fraction of sp³-hybridized carbons (Fsp3) is 1.00. The molecule has 0 radical (unpaired) electrons. The normalized spacial score (nSPS) is 23.8. The van der Waals surface area contributed by atoms with Gasteiger partial charge >= 0.3 is 61.5 Å². The van der Waals surface area contributed by atoms with Gasteiger partial charge in [-0.25, -0.2) is 0 Å². The second-order valence-corrected chi connectivity index (χ2v) is 9.28. The standard InChI is InChI=1S/C4H9NS.2O.Ti/c1-3-6-4-2-5-1;;;/h5H,1-4H2;;;/q;;;-1/p+1. The van der Waals surface area contributed by atoms with E-state index >= 15 is 0 Å². The quantitative estimate of drug-likeness (QED) is 0.438. The molecule has 0 aliphatic carbocycles. The van der Waals surface area contributed by atoms with E-state index in [0.717, 1.165) is 24.6 Å². The molecule has 0 aromatic carbocycles. The molecule has 0 amide bonds.